The molecule has 0 saturated carbocycles. The first kappa shape index (κ1) is 20.8. The van der Waals surface area contributed by atoms with Gasteiger partial charge in [-0.3, -0.25) is 9.59 Å². The van der Waals surface area contributed by atoms with Crippen LogP contribution >= 0.6 is 0 Å². The fourth-order valence-corrected chi connectivity index (χ4v) is 4.51. The molecule has 1 aromatic heterocycles. The van der Waals surface area contributed by atoms with Crippen LogP contribution in [0.3, 0.4) is 0 Å². The van der Waals surface area contributed by atoms with Gasteiger partial charge in [-0.15, -0.1) is 0 Å². The van der Waals surface area contributed by atoms with E-state index < -0.39 is 10.0 Å². The molecule has 0 unspecified atom stereocenters. The number of carbonyl (C=O) groups excluding carboxylic acids is 2. The van der Waals surface area contributed by atoms with Crippen molar-refractivity contribution in [2.75, 3.05) is 53.0 Å². The van der Waals surface area contributed by atoms with Crippen LogP contribution in [0.5, 0.6) is 0 Å². The minimum atomic E-state index is -3.87. The molecule has 2 saturated heterocycles. The Morgan fingerprint density at radius 2 is 1.82 bits per heavy atom. The van der Waals surface area contributed by atoms with E-state index in [2.05, 4.69) is 11.9 Å². The predicted octanol–water partition coefficient (Wildman–Crippen LogP) is 0.366. The number of aromatic amines is 1. The summed E-state index contributed by atoms with van der Waals surface area (Å²) in [5, 5.41) is 0. The molecule has 28 heavy (non-hydrogen) atoms. The molecule has 156 valence electrons. The zero-order valence-corrected chi connectivity index (χ0v) is 17.2. The minimum absolute atomic E-state index is 0.0153. The Kier molecular flexibility index (Phi) is 6.41. The zero-order valence-electron chi connectivity index (χ0n) is 16.4. The fraction of sp³-hybridized carbons (Fsp3) is 0.667. The average molecular weight is 413 g/mol. The number of H-pyrrole nitrogens is 1. The van der Waals surface area contributed by atoms with Crippen molar-refractivity contribution in [1.82, 2.24) is 19.1 Å². The molecule has 1 N–H and O–H groups in total. The van der Waals surface area contributed by atoms with E-state index in [1.54, 1.807) is 9.80 Å². The second-order valence-electron chi connectivity index (χ2n) is 7.48. The van der Waals surface area contributed by atoms with Gasteiger partial charge in [-0.05, 0) is 24.8 Å². The molecule has 3 rings (SSSR count). The predicted molar refractivity (Wildman–Crippen MR) is 102 cm³/mol. The van der Waals surface area contributed by atoms with Crippen molar-refractivity contribution in [3.8, 4) is 0 Å². The molecule has 1 aromatic rings. The summed E-state index contributed by atoms with van der Waals surface area (Å²) in [5.74, 6) is 0.144. The number of carbonyl (C=O) groups is 2. The Morgan fingerprint density at radius 3 is 2.46 bits per heavy atom. The van der Waals surface area contributed by atoms with Crippen molar-refractivity contribution >= 4 is 21.8 Å². The van der Waals surface area contributed by atoms with Crippen LogP contribution in [0.2, 0.25) is 0 Å². The first-order chi connectivity index (χ1) is 13.3. The number of hydrogen-bond donors (Lipinski definition) is 1. The Bertz CT molecular complexity index is 808. The Labute approximate surface area is 165 Å². The lowest BCUT2D eigenvalue weighted by Crippen LogP contribution is -2.46. The molecule has 3 heterocycles. The second-order valence-corrected chi connectivity index (χ2v) is 9.52. The second kappa shape index (κ2) is 8.62. The topological polar surface area (TPSA) is 103 Å². The van der Waals surface area contributed by atoms with Crippen molar-refractivity contribution in [2.24, 2.45) is 5.92 Å². The molecule has 0 atom stereocenters. The van der Waals surface area contributed by atoms with E-state index in [0.29, 0.717) is 45.3 Å². The fourth-order valence-electron chi connectivity index (χ4n) is 3.40. The number of morpholine rings is 1. The minimum Gasteiger partial charge on any atom is -0.378 e. The number of aromatic nitrogens is 1. The third kappa shape index (κ3) is 4.56. The molecule has 0 spiro atoms. The smallest absolute Gasteiger partial charge is 0.270 e. The third-order valence-electron chi connectivity index (χ3n) is 5.39. The maximum atomic E-state index is 12.8. The van der Waals surface area contributed by atoms with Crippen LogP contribution in [0.1, 0.15) is 30.3 Å². The van der Waals surface area contributed by atoms with Gasteiger partial charge >= 0.3 is 0 Å². The van der Waals surface area contributed by atoms with Crippen LogP contribution in [0.15, 0.2) is 17.2 Å². The highest BCUT2D eigenvalue weighted by Gasteiger charge is 2.29. The summed E-state index contributed by atoms with van der Waals surface area (Å²) in [6.07, 6.45) is 3.21. The summed E-state index contributed by atoms with van der Waals surface area (Å²) in [4.78, 5) is 31.1. The molecule has 9 nitrogen and oxygen atoms in total. The zero-order chi connectivity index (χ0) is 20.3. The molecule has 0 aliphatic carbocycles. The van der Waals surface area contributed by atoms with Gasteiger partial charge in [0.05, 0.1) is 19.8 Å². The molecular formula is C18H28N4O5S. The molecule has 2 amide bonds. The number of likely N-dealkylation sites (N-methyl/N-ethyl adjacent to an activating group) is 1. The van der Waals surface area contributed by atoms with Gasteiger partial charge < -0.3 is 19.5 Å². The number of piperidine rings is 1. The number of nitrogens with zero attached hydrogens (tertiary/aromatic N) is 3. The van der Waals surface area contributed by atoms with Crippen LogP contribution in [0.25, 0.3) is 0 Å². The van der Waals surface area contributed by atoms with Crippen LogP contribution in [-0.4, -0.2) is 92.3 Å². The molecule has 0 radical (unpaired) electrons. The van der Waals surface area contributed by atoms with Gasteiger partial charge in [-0.25, -0.2) is 8.42 Å². The van der Waals surface area contributed by atoms with Gasteiger partial charge in [0, 0.05) is 39.4 Å². The van der Waals surface area contributed by atoms with Gasteiger partial charge in [0.1, 0.15) is 10.6 Å². The lowest BCUT2D eigenvalue weighted by molar-refractivity contribution is -0.135. The van der Waals surface area contributed by atoms with Crippen LogP contribution < -0.4 is 0 Å². The first-order valence-electron chi connectivity index (χ1n) is 9.58. The first-order valence-corrected chi connectivity index (χ1v) is 11.0. The molecule has 0 bridgehead atoms. The maximum Gasteiger partial charge on any atom is 0.270 e. The highest BCUT2D eigenvalue weighted by molar-refractivity contribution is 7.89. The lowest BCUT2D eigenvalue weighted by atomic mass is 9.99. The Hall–Kier alpha value is -1.91. The van der Waals surface area contributed by atoms with E-state index in [-0.39, 0.29) is 28.9 Å². The van der Waals surface area contributed by atoms with Crippen molar-refractivity contribution in [2.45, 2.75) is 24.7 Å². The van der Waals surface area contributed by atoms with Gasteiger partial charge in [0.2, 0.25) is 15.9 Å². The standard InChI is InChI=1S/C18H28N4O5S/c1-14-3-5-22(6-4-14)18(24)16-11-15(12-19-16)28(25,26)20(2)13-17(23)21-7-9-27-10-8-21/h11-12,14,19H,3-10,13H2,1-2H3. The molecule has 2 aliphatic rings. The average Bonchev–Trinajstić information content (AvgIpc) is 3.19. The number of amides is 2. The highest BCUT2D eigenvalue weighted by atomic mass is 32.2. The van der Waals surface area contributed by atoms with E-state index in [9.17, 15) is 18.0 Å². The summed E-state index contributed by atoms with van der Waals surface area (Å²) in [5.41, 5.74) is 0.251. The maximum absolute atomic E-state index is 12.8. The summed E-state index contributed by atoms with van der Waals surface area (Å²) in [6, 6.07) is 1.35. The van der Waals surface area contributed by atoms with Crippen LogP contribution in [0, 0.1) is 5.92 Å². The van der Waals surface area contributed by atoms with E-state index in [1.165, 1.54) is 19.3 Å². The number of likely N-dealkylation sites (tertiary alicyclic amines) is 1. The van der Waals surface area contributed by atoms with E-state index in [0.717, 1.165) is 17.1 Å². The lowest BCUT2D eigenvalue weighted by Gasteiger charge is -2.29. The monoisotopic (exact) mass is 412 g/mol. The summed E-state index contributed by atoms with van der Waals surface area (Å²) in [6.45, 7) is 5.11. The molecule has 2 fully saturated rings. The van der Waals surface area contributed by atoms with Crippen molar-refractivity contribution in [3.05, 3.63) is 18.0 Å². The van der Waals surface area contributed by atoms with E-state index in [4.69, 9.17) is 4.74 Å². The van der Waals surface area contributed by atoms with Gasteiger partial charge in [0.15, 0.2) is 0 Å². The van der Waals surface area contributed by atoms with Crippen LogP contribution in [-0.2, 0) is 19.6 Å². The summed E-state index contributed by atoms with van der Waals surface area (Å²) in [7, 11) is -2.50. The summed E-state index contributed by atoms with van der Waals surface area (Å²) >= 11 is 0. The molecule has 2 aliphatic heterocycles. The van der Waals surface area contributed by atoms with Crippen molar-refractivity contribution in [3.63, 3.8) is 0 Å². The number of hydrogen-bond acceptors (Lipinski definition) is 5. The molecular weight excluding hydrogens is 384 g/mol. The molecule has 0 aromatic carbocycles. The van der Waals surface area contributed by atoms with Crippen molar-refractivity contribution < 1.29 is 22.7 Å². The van der Waals surface area contributed by atoms with Gasteiger partial charge in [-0.2, -0.15) is 4.31 Å². The summed E-state index contributed by atoms with van der Waals surface area (Å²) < 4.78 is 31.8. The number of nitrogens with one attached hydrogen (secondary N) is 1. The molecule has 10 heteroatoms. The largest absolute Gasteiger partial charge is 0.378 e. The Balaban J connectivity index is 1.65. The van der Waals surface area contributed by atoms with Gasteiger partial charge in [-0.1, -0.05) is 6.92 Å². The quantitative estimate of drug-likeness (QED) is 0.753. The van der Waals surface area contributed by atoms with Crippen LogP contribution in [0.4, 0.5) is 0 Å². The SMILES string of the molecule is CC1CCN(C(=O)c2cc(S(=O)(=O)N(C)CC(=O)N3CCOCC3)c[nH]2)CC1. The number of rotatable bonds is 5. The highest BCUT2D eigenvalue weighted by Crippen LogP contribution is 2.20. The van der Waals surface area contributed by atoms with Gasteiger partial charge in [0.25, 0.3) is 5.91 Å². The Morgan fingerprint density at radius 1 is 1.18 bits per heavy atom. The van der Waals surface area contributed by atoms with E-state index >= 15 is 0 Å². The number of ether oxygens (including phenoxy) is 1. The normalized spacial score (nSPS) is 19.2. The third-order valence-corrected chi connectivity index (χ3v) is 7.17. The van der Waals surface area contributed by atoms with Crippen molar-refractivity contribution in [1.29, 1.82) is 0 Å². The van der Waals surface area contributed by atoms with E-state index in [1.807, 2.05) is 0 Å². The number of sulfonamides is 1.